The molecule has 6 nitrogen and oxygen atoms in total. The number of halogens is 1. The van der Waals surface area contributed by atoms with Crippen LogP contribution in [0, 0.1) is 0 Å². The fourth-order valence-electron chi connectivity index (χ4n) is 2.75. The average molecular weight is 420 g/mol. The number of hydrogen-bond donors (Lipinski definition) is 0. The van der Waals surface area contributed by atoms with Crippen molar-refractivity contribution in [1.29, 1.82) is 0 Å². The van der Waals surface area contributed by atoms with Crippen LogP contribution in [0.2, 0.25) is 0 Å². The summed E-state index contributed by atoms with van der Waals surface area (Å²) in [6.45, 7) is 0. The van der Waals surface area contributed by atoms with Crippen LogP contribution in [0.3, 0.4) is 0 Å². The summed E-state index contributed by atoms with van der Waals surface area (Å²) in [6, 6.07) is 12.1. The number of ether oxygens (including phenoxy) is 4. The highest BCUT2D eigenvalue weighted by atomic mass is 79.9. The standard InChI is InChI=1S/C19H18BrNO5/c1-23-14-9-12(13(20)10-15(14)24-2)17-16(19(22)25-3)21-18(26-17)11-7-5-4-6-8-11/h4-10,16-17H,1-3H3. The molecule has 0 aliphatic carbocycles. The summed E-state index contributed by atoms with van der Waals surface area (Å²) in [5, 5.41) is 0. The molecular formula is C19H18BrNO5. The SMILES string of the molecule is COC(=O)C1N=C(c2ccccc2)OC1c1cc(OC)c(OC)cc1Br. The van der Waals surface area contributed by atoms with E-state index in [1.807, 2.05) is 30.3 Å². The Kier molecular flexibility index (Phi) is 5.46. The molecule has 2 aromatic carbocycles. The van der Waals surface area contributed by atoms with Gasteiger partial charge >= 0.3 is 5.97 Å². The van der Waals surface area contributed by atoms with Gasteiger partial charge in [0.15, 0.2) is 23.6 Å². The van der Waals surface area contributed by atoms with Gasteiger partial charge in [0.2, 0.25) is 5.90 Å². The van der Waals surface area contributed by atoms with Crippen LogP contribution in [0.4, 0.5) is 0 Å². The Balaban J connectivity index is 2.03. The zero-order valence-corrected chi connectivity index (χ0v) is 16.1. The lowest BCUT2D eigenvalue weighted by atomic mass is 10.0. The Bertz CT molecular complexity index is 837. The molecule has 0 aromatic heterocycles. The fraction of sp³-hybridized carbons (Fsp3) is 0.263. The number of rotatable bonds is 5. The maximum Gasteiger partial charge on any atom is 0.335 e. The number of carbonyl (C=O) groups excluding carboxylic acids is 1. The van der Waals surface area contributed by atoms with Gasteiger partial charge in [-0.05, 0) is 24.3 Å². The maximum atomic E-state index is 12.3. The molecule has 136 valence electrons. The second-order valence-corrected chi connectivity index (χ2v) is 6.39. The summed E-state index contributed by atoms with van der Waals surface area (Å²) in [7, 11) is 4.44. The summed E-state index contributed by atoms with van der Waals surface area (Å²) >= 11 is 3.52. The van der Waals surface area contributed by atoms with E-state index in [0.29, 0.717) is 23.0 Å². The summed E-state index contributed by atoms with van der Waals surface area (Å²) in [4.78, 5) is 16.7. The van der Waals surface area contributed by atoms with Gasteiger partial charge in [-0.1, -0.05) is 34.1 Å². The predicted octanol–water partition coefficient (Wildman–Crippen LogP) is 3.53. The van der Waals surface area contributed by atoms with Crippen LogP contribution in [0.15, 0.2) is 51.9 Å². The van der Waals surface area contributed by atoms with Gasteiger partial charge in [-0.2, -0.15) is 0 Å². The van der Waals surface area contributed by atoms with Gasteiger partial charge < -0.3 is 18.9 Å². The van der Waals surface area contributed by atoms with Gasteiger partial charge in [0.05, 0.1) is 21.3 Å². The first kappa shape index (κ1) is 18.3. The lowest BCUT2D eigenvalue weighted by molar-refractivity contribution is -0.143. The van der Waals surface area contributed by atoms with E-state index in [4.69, 9.17) is 18.9 Å². The number of benzene rings is 2. The number of hydrogen-bond acceptors (Lipinski definition) is 6. The normalized spacial score (nSPS) is 18.7. The third-order valence-electron chi connectivity index (χ3n) is 4.05. The van der Waals surface area contributed by atoms with E-state index < -0.39 is 18.1 Å². The molecule has 3 rings (SSSR count). The molecule has 0 radical (unpaired) electrons. The maximum absolute atomic E-state index is 12.3. The van der Waals surface area contributed by atoms with Crippen molar-refractivity contribution in [2.24, 2.45) is 4.99 Å². The van der Waals surface area contributed by atoms with Crippen molar-refractivity contribution in [3.63, 3.8) is 0 Å². The lowest BCUT2D eigenvalue weighted by Gasteiger charge is -2.20. The monoisotopic (exact) mass is 419 g/mol. The van der Waals surface area contributed by atoms with E-state index in [1.54, 1.807) is 26.4 Å². The predicted molar refractivity (Wildman–Crippen MR) is 99.9 cm³/mol. The second-order valence-electron chi connectivity index (χ2n) is 5.54. The molecule has 0 N–H and O–H groups in total. The Morgan fingerprint density at radius 1 is 1.08 bits per heavy atom. The smallest absolute Gasteiger partial charge is 0.335 e. The highest BCUT2D eigenvalue weighted by Crippen LogP contribution is 2.41. The van der Waals surface area contributed by atoms with Gasteiger partial charge in [0, 0.05) is 15.6 Å². The Hall–Kier alpha value is -2.54. The molecule has 0 spiro atoms. The minimum atomic E-state index is -0.815. The molecule has 2 atom stereocenters. The van der Waals surface area contributed by atoms with E-state index in [0.717, 1.165) is 10.0 Å². The molecule has 0 saturated heterocycles. The Morgan fingerprint density at radius 2 is 1.73 bits per heavy atom. The summed E-state index contributed by atoms with van der Waals surface area (Å²) in [6.07, 6.45) is -0.646. The molecule has 2 unspecified atom stereocenters. The number of nitrogens with zero attached hydrogens (tertiary/aromatic N) is 1. The van der Waals surface area contributed by atoms with Crippen LogP contribution in [-0.4, -0.2) is 39.2 Å². The van der Waals surface area contributed by atoms with Gasteiger partial charge in [0.1, 0.15) is 0 Å². The number of carbonyl (C=O) groups is 1. The van der Waals surface area contributed by atoms with Crippen molar-refractivity contribution < 1.29 is 23.7 Å². The van der Waals surface area contributed by atoms with E-state index in [-0.39, 0.29) is 0 Å². The first-order valence-electron chi connectivity index (χ1n) is 7.88. The third kappa shape index (κ3) is 3.39. The van der Waals surface area contributed by atoms with Gasteiger partial charge in [-0.3, -0.25) is 0 Å². The minimum absolute atomic E-state index is 0.396. The van der Waals surface area contributed by atoms with E-state index in [1.165, 1.54) is 7.11 Å². The molecule has 0 amide bonds. The highest BCUT2D eigenvalue weighted by molar-refractivity contribution is 9.10. The number of methoxy groups -OCH3 is 3. The van der Waals surface area contributed by atoms with Crippen molar-refractivity contribution in [1.82, 2.24) is 0 Å². The zero-order chi connectivity index (χ0) is 18.7. The molecule has 0 fully saturated rings. The fourth-order valence-corrected chi connectivity index (χ4v) is 3.30. The molecule has 1 aliphatic rings. The molecule has 2 aromatic rings. The molecule has 0 bridgehead atoms. The molecule has 0 saturated carbocycles. The summed E-state index contributed by atoms with van der Waals surface area (Å²) in [5.74, 6) is 1.03. The van der Waals surface area contributed by atoms with Crippen LogP contribution < -0.4 is 9.47 Å². The zero-order valence-electron chi connectivity index (χ0n) is 14.6. The average Bonchev–Trinajstić information content (AvgIpc) is 3.12. The van der Waals surface area contributed by atoms with E-state index in [2.05, 4.69) is 20.9 Å². The van der Waals surface area contributed by atoms with Gasteiger partial charge in [-0.25, -0.2) is 9.79 Å². The minimum Gasteiger partial charge on any atom is -0.493 e. The lowest BCUT2D eigenvalue weighted by Crippen LogP contribution is -2.25. The molecule has 7 heteroatoms. The Labute approximate surface area is 159 Å². The van der Waals surface area contributed by atoms with Crippen molar-refractivity contribution >= 4 is 27.8 Å². The molecule has 1 heterocycles. The first-order chi connectivity index (χ1) is 12.6. The van der Waals surface area contributed by atoms with Crippen LogP contribution in [0.1, 0.15) is 17.2 Å². The number of aliphatic imine (C=N–C) groups is 1. The summed E-state index contributed by atoms with van der Waals surface area (Å²) in [5.41, 5.74) is 1.51. The first-order valence-corrected chi connectivity index (χ1v) is 8.67. The topological polar surface area (TPSA) is 66.4 Å². The van der Waals surface area contributed by atoms with E-state index in [9.17, 15) is 4.79 Å². The summed E-state index contributed by atoms with van der Waals surface area (Å²) < 4.78 is 22.4. The van der Waals surface area contributed by atoms with Crippen LogP contribution >= 0.6 is 15.9 Å². The third-order valence-corrected chi connectivity index (χ3v) is 4.74. The highest BCUT2D eigenvalue weighted by Gasteiger charge is 2.40. The van der Waals surface area contributed by atoms with Crippen LogP contribution in [0.25, 0.3) is 0 Å². The molecular weight excluding hydrogens is 402 g/mol. The van der Waals surface area contributed by atoms with Crippen LogP contribution in [-0.2, 0) is 14.3 Å². The number of esters is 1. The Morgan fingerprint density at radius 3 is 2.35 bits per heavy atom. The quantitative estimate of drug-likeness (QED) is 0.693. The molecule has 1 aliphatic heterocycles. The van der Waals surface area contributed by atoms with Crippen molar-refractivity contribution in [3.05, 3.63) is 58.1 Å². The second kappa shape index (κ2) is 7.78. The largest absolute Gasteiger partial charge is 0.493 e. The van der Waals surface area contributed by atoms with Crippen molar-refractivity contribution in [2.75, 3.05) is 21.3 Å². The van der Waals surface area contributed by atoms with E-state index >= 15 is 0 Å². The van der Waals surface area contributed by atoms with Crippen LogP contribution in [0.5, 0.6) is 11.5 Å². The van der Waals surface area contributed by atoms with Gasteiger partial charge in [-0.15, -0.1) is 0 Å². The van der Waals surface area contributed by atoms with Crippen molar-refractivity contribution in [3.8, 4) is 11.5 Å². The molecule has 26 heavy (non-hydrogen) atoms. The van der Waals surface area contributed by atoms with Crippen molar-refractivity contribution in [2.45, 2.75) is 12.1 Å². The van der Waals surface area contributed by atoms with Gasteiger partial charge in [0.25, 0.3) is 0 Å².